The van der Waals surface area contributed by atoms with E-state index < -0.39 is 5.91 Å². The van der Waals surface area contributed by atoms with Gasteiger partial charge in [0.2, 0.25) is 5.43 Å². The van der Waals surface area contributed by atoms with E-state index in [2.05, 4.69) is 10.4 Å². The maximum atomic E-state index is 13.1. The standard InChI is InChI=1S/C24H17Cl2N3O2/c1-15-22(30)21(16-8-4-2-5-9-16)23(29(28-15)18-10-6-3-7-11-18)27-24(31)19-13-12-17(25)14-20(19)26/h2-14H,1H3,(H,27,31). The van der Waals surface area contributed by atoms with Crippen molar-refractivity contribution in [2.24, 2.45) is 0 Å². The van der Waals surface area contributed by atoms with Crippen LogP contribution in [0.15, 0.2) is 83.7 Å². The maximum absolute atomic E-state index is 13.1. The second-order valence-electron chi connectivity index (χ2n) is 6.83. The van der Waals surface area contributed by atoms with Gasteiger partial charge in [0.05, 0.1) is 21.8 Å². The normalized spacial score (nSPS) is 10.7. The summed E-state index contributed by atoms with van der Waals surface area (Å²) in [5.74, 6) is -0.224. The molecular weight excluding hydrogens is 433 g/mol. The molecule has 0 atom stereocenters. The lowest BCUT2D eigenvalue weighted by molar-refractivity contribution is 0.102. The van der Waals surface area contributed by atoms with Crippen LogP contribution in [-0.2, 0) is 0 Å². The van der Waals surface area contributed by atoms with Gasteiger partial charge < -0.3 is 5.32 Å². The van der Waals surface area contributed by atoms with Crippen LogP contribution in [0.4, 0.5) is 5.82 Å². The number of carbonyl (C=O) groups excluding carboxylic acids is 1. The van der Waals surface area contributed by atoms with Crippen LogP contribution in [0.5, 0.6) is 0 Å². The van der Waals surface area contributed by atoms with Crippen molar-refractivity contribution < 1.29 is 4.79 Å². The number of anilines is 1. The molecule has 5 nitrogen and oxygen atoms in total. The first kappa shape index (κ1) is 20.8. The summed E-state index contributed by atoms with van der Waals surface area (Å²) in [5.41, 5.74) is 1.98. The lowest BCUT2D eigenvalue weighted by atomic mass is 10.0. The summed E-state index contributed by atoms with van der Waals surface area (Å²) in [7, 11) is 0. The summed E-state index contributed by atoms with van der Waals surface area (Å²) in [6, 6.07) is 23.0. The number of amides is 1. The molecule has 0 aliphatic heterocycles. The molecule has 0 aliphatic carbocycles. The van der Waals surface area contributed by atoms with Gasteiger partial charge in [0, 0.05) is 5.02 Å². The van der Waals surface area contributed by atoms with E-state index in [1.54, 1.807) is 17.7 Å². The van der Waals surface area contributed by atoms with E-state index in [9.17, 15) is 9.59 Å². The first-order chi connectivity index (χ1) is 15.0. The molecule has 3 aromatic carbocycles. The van der Waals surface area contributed by atoms with Gasteiger partial charge in [-0.25, -0.2) is 4.68 Å². The van der Waals surface area contributed by atoms with Crippen molar-refractivity contribution in [2.45, 2.75) is 6.92 Å². The molecule has 1 N–H and O–H groups in total. The average Bonchev–Trinajstić information content (AvgIpc) is 2.77. The molecule has 1 heterocycles. The first-order valence-corrected chi connectivity index (χ1v) is 10.2. The fourth-order valence-electron chi connectivity index (χ4n) is 3.23. The van der Waals surface area contributed by atoms with E-state index in [-0.39, 0.29) is 21.8 Å². The number of aryl methyl sites for hydroxylation is 1. The topological polar surface area (TPSA) is 64.0 Å². The molecule has 154 valence electrons. The molecular formula is C24H17Cl2N3O2. The third-order valence-corrected chi connectivity index (χ3v) is 5.27. The number of carbonyl (C=O) groups is 1. The quantitative estimate of drug-likeness (QED) is 0.430. The number of benzene rings is 3. The molecule has 1 amide bonds. The molecule has 0 saturated carbocycles. The first-order valence-electron chi connectivity index (χ1n) is 9.47. The van der Waals surface area contributed by atoms with Crippen LogP contribution in [0.1, 0.15) is 16.1 Å². The van der Waals surface area contributed by atoms with Crippen molar-refractivity contribution in [3.63, 3.8) is 0 Å². The number of halogens is 2. The van der Waals surface area contributed by atoms with Gasteiger partial charge in [-0.05, 0) is 42.8 Å². The minimum atomic E-state index is -0.478. The number of rotatable bonds is 4. The van der Waals surface area contributed by atoms with E-state index in [0.717, 1.165) is 0 Å². The Morgan fingerprint density at radius 1 is 0.935 bits per heavy atom. The lowest BCUT2D eigenvalue weighted by Gasteiger charge is -2.18. The molecule has 0 spiro atoms. The molecule has 0 radical (unpaired) electrons. The number of hydrogen-bond acceptors (Lipinski definition) is 3. The number of para-hydroxylation sites is 1. The Balaban J connectivity index is 1.95. The average molecular weight is 450 g/mol. The van der Waals surface area contributed by atoms with Crippen LogP contribution >= 0.6 is 23.2 Å². The van der Waals surface area contributed by atoms with Gasteiger partial charge in [-0.15, -0.1) is 0 Å². The summed E-state index contributed by atoms with van der Waals surface area (Å²) in [6.07, 6.45) is 0. The number of aromatic nitrogens is 2. The van der Waals surface area contributed by atoms with Gasteiger partial charge >= 0.3 is 0 Å². The minimum Gasteiger partial charge on any atom is -0.306 e. The SMILES string of the molecule is Cc1nn(-c2ccccc2)c(NC(=O)c2ccc(Cl)cc2Cl)c(-c2ccccc2)c1=O. The summed E-state index contributed by atoms with van der Waals surface area (Å²) in [4.78, 5) is 26.3. The Hall–Kier alpha value is -3.41. The highest BCUT2D eigenvalue weighted by Gasteiger charge is 2.21. The third-order valence-electron chi connectivity index (χ3n) is 4.73. The van der Waals surface area contributed by atoms with Crippen molar-refractivity contribution >= 4 is 34.9 Å². The van der Waals surface area contributed by atoms with Crippen LogP contribution in [-0.4, -0.2) is 15.7 Å². The summed E-state index contributed by atoms with van der Waals surface area (Å²) in [6.45, 7) is 1.65. The van der Waals surface area contributed by atoms with Crippen LogP contribution in [0.3, 0.4) is 0 Å². The Bertz CT molecular complexity index is 1320. The Kier molecular flexibility index (Phi) is 5.89. The van der Waals surface area contributed by atoms with E-state index in [1.807, 2.05) is 60.7 Å². The Morgan fingerprint density at radius 3 is 2.23 bits per heavy atom. The van der Waals surface area contributed by atoms with Crippen molar-refractivity contribution in [1.82, 2.24) is 9.78 Å². The summed E-state index contributed by atoms with van der Waals surface area (Å²) >= 11 is 12.2. The van der Waals surface area contributed by atoms with Crippen molar-refractivity contribution in [1.29, 1.82) is 0 Å². The number of nitrogens with zero attached hydrogens (tertiary/aromatic N) is 2. The number of nitrogens with one attached hydrogen (secondary N) is 1. The molecule has 4 aromatic rings. The van der Waals surface area contributed by atoms with Gasteiger partial charge in [0.1, 0.15) is 11.5 Å². The second-order valence-corrected chi connectivity index (χ2v) is 7.67. The monoisotopic (exact) mass is 449 g/mol. The zero-order valence-corrected chi connectivity index (χ0v) is 18.0. The highest BCUT2D eigenvalue weighted by Crippen LogP contribution is 2.28. The van der Waals surface area contributed by atoms with Crippen LogP contribution < -0.4 is 10.7 Å². The van der Waals surface area contributed by atoms with Gasteiger partial charge in [0.25, 0.3) is 5.91 Å². The smallest absolute Gasteiger partial charge is 0.258 e. The Labute approximate surface area is 188 Å². The zero-order chi connectivity index (χ0) is 22.0. The second kappa shape index (κ2) is 8.76. The maximum Gasteiger partial charge on any atom is 0.258 e. The molecule has 0 unspecified atom stereocenters. The van der Waals surface area contributed by atoms with Gasteiger partial charge in [0.15, 0.2) is 0 Å². The Morgan fingerprint density at radius 2 is 1.58 bits per heavy atom. The van der Waals surface area contributed by atoms with E-state index in [1.165, 1.54) is 12.1 Å². The van der Waals surface area contributed by atoms with Gasteiger partial charge in [-0.2, -0.15) is 5.10 Å². The molecule has 0 fully saturated rings. The fourth-order valence-corrected chi connectivity index (χ4v) is 3.73. The molecule has 0 saturated heterocycles. The third kappa shape index (κ3) is 4.24. The van der Waals surface area contributed by atoms with Crippen LogP contribution in [0.25, 0.3) is 16.8 Å². The lowest BCUT2D eigenvalue weighted by Crippen LogP contribution is -2.25. The predicted molar refractivity (Wildman–Crippen MR) is 124 cm³/mol. The zero-order valence-electron chi connectivity index (χ0n) is 16.5. The predicted octanol–water partition coefficient (Wildman–Crippen LogP) is 5.77. The molecule has 31 heavy (non-hydrogen) atoms. The van der Waals surface area contributed by atoms with E-state index in [0.29, 0.717) is 27.5 Å². The highest BCUT2D eigenvalue weighted by molar-refractivity contribution is 6.37. The largest absolute Gasteiger partial charge is 0.306 e. The number of hydrogen-bond donors (Lipinski definition) is 1. The van der Waals surface area contributed by atoms with Crippen molar-refractivity contribution in [3.8, 4) is 16.8 Å². The summed E-state index contributed by atoms with van der Waals surface area (Å²) in [5, 5.41) is 7.93. The molecule has 1 aromatic heterocycles. The molecule has 4 rings (SSSR count). The van der Waals surface area contributed by atoms with Crippen molar-refractivity contribution in [2.75, 3.05) is 5.32 Å². The molecule has 0 aliphatic rings. The molecule has 7 heteroatoms. The van der Waals surface area contributed by atoms with E-state index >= 15 is 0 Å². The molecule has 0 bridgehead atoms. The minimum absolute atomic E-state index is 0.208. The van der Waals surface area contributed by atoms with Crippen LogP contribution in [0, 0.1) is 6.92 Å². The fraction of sp³-hybridized carbons (Fsp3) is 0.0417. The van der Waals surface area contributed by atoms with Gasteiger partial charge in [-0.3, -0.25) is 9.59 Å². The van der Waals surface area contributed by atoms with Crippen LogP contribution in [0.2, 0.25) is 10.0 Å². The van der Waals surface area contributed by atoms with Crippen molar-refractivity contribution in [3.05, 3.63) is 110 Å². The van der Waals surface area contributed by atoms with E-state index in [4.69, 9.17) is 23.2 Å². The highest BCUT2D eigenvalue weighted by atomic mass is 35.5. The van der Waals surface area contributed by atoms with Gasteiger partial charge in [-0.1, -0.05) is 71.7 Å². The summed E-state index contributed by atoms with van der Waals surface area (Å²) < 4.78 is 1.56.